The molecule has 2 rings (SSSR count). The zero-order chi connectivity index (χ0) is 29.5. The Labute approximate surface area is 227 Å². The molecule has 0 spiro atoms. The van der Waals surface area contributed by atoms with E-state index in [1.165, 1.54) is 18.2 Å². The van der Waals surface area contributed by atoms with Gasteiger partial charge in [-0.1, -0.05) is 24.3 Å². The molecule has 0 bridgehead atoms. The fourth-order valence-electron chi connectivity index (χ4n) is 3.95. The number of aromatic hydroxyl groups is 1. The summed E-state index contributed by atoms with van der Waals surface area (Å²) in [7, 11) is 0. The van der Waals surface area contributed by atoms with Crippen LogP contribution in [-0.2, 0) is 19.1 Å². The maximum atomic E-state index is 13.8. The van der Waals surface area contributed by atoms with Crippen molar-refractivity contribution < 1.29 is 29.0 Å². The lowest BCUT2D eigenvalue weighted by Crippen LogP contribution is -2.53. The third-order valence-corrected chi connectivity index (χ3v) is 5.74. The number of aryl methyl sites for hydroxylation is 3. The number of para-hydroxylation sites is 1. The lowest BCUT2D eigenvalue weighted by atomic mass is 9.99. The second kappa shape index (κ2) is 12.8. The van der Waals surface area contributed by atoms with Crippen LogP contribution in [0.5, 0.6) is 5.75 Å². The number of ether oxygens (including phenoxy) is 1. The number of nitrogens with one attached hydrogen (secondary N) is 2. The van der Waals surface area contributed by atoms with Crippen LogP contribution in [0.3, 0.4) is 0 Å². The van der Waals surface area contributed by atoms with E-state index in [9.17, 15) is 29.5 Å². The number of phenolic OH excluding ortho intramolecular Hbond substituents is 1. The number of nitrogens with zero attached hydrogens (tertiary/aromatic N) is 2. The molecule has 2 aromatic rings. The average molecular weight is 538 g/mol. The van der Waals surface area contributed by atoms with Gasteiger partial charge in [-0.3, -0.25) is 14.4 Å². The summed E-state index contributed by atoms with van der Waals surface area (Å²) in [5, 5.41) is 24.9. The number of anilines is 1. The Morgan fingerprint density at radius 2 is 1.69 bits per heavy atom. The molecule has 0 saturated heterocycles. The SMILES string of the molecule is Cc1cc(C(C(=O)Nc2c(C)cccc2C)N(CC#N)C(=O)C(CC(N)=O)NC(=O)OC(C)(C)C)ccc1O. The molecule has 0 aliphatic heterocycles. The number of rotatable bonds is 9. The van der Waals surface area contributed by atoms with Crippen LogP contribution in [0, 0.1) is 32.1 Å². The lowest BCUT2D eigenvalue weighted by Gasteiger charge is -2.33. The number of hydrogen-bond donors (Lipinski definition) is 4. The third kappa shape index (κ3) is 8.46. The molecule has 0 aliphatic carbocycles. The van der Waals surface area contributed by atoms with Crippen molar-refractivity contribution >= 4 is 29.5 Å². The molecule has 0 aliphatic rings. The molecule has 5 N–H and O–H groups in total. The van der Waals surface area contributed by atoms with Gasteiger partial charge in [0.25, 0.3) is 5.91 Å². The summed E-state index contributed by atoms with van der Waals surface area (Å²) >= 11 is 0. The Morgan fingerprint density at radius 1 is 1.08 bits per heavy atom. The van der Waals surface area contributed by atoms with Crippen molar-refractivity contribution in [3.63, 3.8) is 0 Å². The molecular formula is C28H35N5O6. The van der Waals surface area contributed by atoms with E-state index in [2.05, 4.69) is 10.6 Å². The number of nitriles is 1. The molecule has 208 valence electrons. The van der Waals surface area contributed by atoms with Crippen LogP contribution >= 0.6 is 0 Å². The van der Waals surface area contributed by atoms with E-state index in [1.807, 2.05) is 38.1 Å². The second-order valence-electron chi connectivity index (χ2n) is 10.2. The molecule has 0 saturated carbocycles. The third-order valence-electron chi connectivity index (χ3n) is 5.74. The van der Waals surface area contributed by atoms with Crippen LogP contribution in [-0.4, -0.2) is 52.0 Å². The Bertz CT molecular complexity index is 1270. The maximum absolute atomic E-state index is 13.8. The number of hydrogen-bond acceptors (Lipinski definition) is 7. The molecular weight excluding hydrogens is 502 g/mol. The van der Waals surface area contributed by atoms with Gasteiger partial charge in [-0.15, -0.1) is 0 Å². The van der Waals surface area contributed by atoms with Gasteiger partial charge in [0.15, 0.2) is 0 Å². The molecule has 2 atom stereocenters. The molecule has 39 heavy (non-hydrogen) atoms. The van der Waals surface area contributed by atoms with E-state index in [-0.39, 0.29) is 5.75 Å². The van der Waals surface area contributed by atoms with Crippen LogP contribution < -0.4 is 16.4 Å². The van der Waals surface area contributed by atoms with E-state index in [0.717, 1.165) is 16.0 Å². The van der Waals surface area contributed by atoms with Gasteiger partial charge in [0.2, 0.25) is 11.8 Å². The van der Waals surface area contributed by atoms with E-state index >= 15 is 0 Å². The Kier molecular flexibility index (Phi) is 10.0. The Balaban J connectivity index is 2.60. The molecule has 0 radical (unpaired) electrons. The quantitative estimate of drug-likeness (QED) is 0.355. The highest BCUT2D eigenvalue weighted by Gasteiger charge is 2.37. The molecule has 0 heterocycles. The molecule has 4 amide bonds. The largest absolute Gasteiger partial charge is 0.508 e. The zero-order valence-electron chi connectivity index (χ0n) is 23.0. The number of benzene rings is 2. The number of primary amides is 1. The number of carbonyl (C=O) groups excluding carboxylic acids is 4. The van der Waals surface area contributed by atoms with Crippen LogP contribution in [0.15, 0.2) is 36.4 Å². The predicted octanol–water partition coefficient (Wildman–Crippen LogP) is 3.12. The molecule has 11 heteroatoms. The number of amides is 4. The van der Waals surface area contributed by atoms with Crippen molar-refractivity contribution in [2.75, 3.05) is 11.9 Å². The van der Waals surface area contributed by atoms with Crippen molar-refractivity contribution in [3.8, 4) is 11.8 Å². The number of nitrogens with two attached hydrogens (primary N) is 1. The summed E-state index contributed by atoms with van der Waals surface area (Å²) in [4.78, 5) is 52.9. The first-order valence-electron chi connectivity index (χ1n) is 12.3. The fourth-order valence-corrected chi connectivity index (χ4v) is 3.95. The number of phenols is 1. The lowest BCUT2D eigenvalue weighted by molar-refractivity contribution is -0.141. The highest BCUT2D eigenvalue weighted by atomic mass is 16.6. The van der Waals surface area contributed by atoms with Gasteiger partial charge < -0.3 is 31.1 Å². The van der Waals surface area contributed by atoms with Crippen LogP contribution in [0.4, 0.5) is 10.5 Å². The van der Waals surface area contributed by atoms with Gasteiger partial charge in [0, 0.05) is 5.69 Å². The van der Waals surface area contributed by atoms with Crippen molar-refractivity contribution in [1.82, 2.24) is 10.2 Å². The van der Waals surface area contributed by atoms with E-state index in [1.54, 1.807) is 27.7 Å². The van der Waals surface area contributed by atoms with E-state index in [4.69, 9.17) is 10.5 Å². The summed E-state index contributed by atoms with van der Waals surface area (Å²) in [5.74, 6) is -2.45. The molecule has 2 aromatic carbocycles. The predicted molar refractivity (Wildman–Crippen MR) is 144 cm³/mol. The minimum Gasteiger partial charge on any atom is -0.508 e. The Morgan fingerprint density at radius 3 is 2.21 bits per heavy atom. The Hall–Kier alpha value is -4.59. The van der Waals surface area contributed by atoms with Crippen molar-refractivity contribution in [2.24, 2.45) is 5.73 Å². The van der Waals surface area contributed by atoms with E-state index in [0.29, 0.717) is 16.8 Å². The van der Waals surface area contributed by atoms with Gasteiger partial charge in [-0.2, -0.15) is 5.26 Å². The number of carbonyl (C=O) groups is 4. The highest BCUT2D eigenvalue weighted by molar-refractivity contribution is 6.00. The van der Waals surface area contributed by atoms with Crippen LogP contribution in [0.25, 0.3) is 0 Å². The summed E-state index contributed by atoms with van der Waals surface area (Å²) in [6.45, 7) is 9.56. The van der Waals surface area contributed by atoms with Gasteiger partial charge in [0.1, 0.15) is 30.0 Å². The zero-order valence-corrected chi connectivity index (χ0v) is 23.0. The summed E-state index contributed by atoms with van der Waals surface area (Å²) in [6, 6.07) is 8.81. The summed E-state index contributed by atoms with van der Waals surface area (Å²) < 4.78 is 5.22. The normalized spacial score (nSPS) is 12.4. The topological polar surface area (TPSA) is 175 Å². The summed E-state index contributed by atoms with van der Waals surface area (Å²) in [6.07, 6.45) is -1.57. The van der Waals surface area contributed by atoms with Crippen molar-refractivity contribution in [2.45, 2.75) is 65.6 Å². The number of alkyl carbamates (subject to hydrolysis) is 1. The minimum absolute atomic E-state index is 0.0241. The highest BCUT2D eigenvalue weighted by Crippen LogP contribution is 2.29. The van der Waals surface area contributed by atoms with E-state index < -0.39 is 54.5 Å². The van der Waals surface area contributed by atoms with Crippen molar-refractivity contribution in [1.29, 1.82) is 5.26 Å². The first-order chi connectivity index (χ1) is 18.1. The molecule has 0 aromatic heterocycles. The average Bonchev–Trinajstić information content (AvgIpc) is 2.81. The van der Waals surface area contributed by atoms with Crippen LogP contribution in [0.2, 0.25) is 0 Å². The minimum atomic E-state index is -1.51. The molecule has 0 fully saturated rings. The standard InChI is InChI=1S/C28H35N5O6/c1-16-8-7-9-17(2)23(16)32-25(36)24(19-10-11-21(34)18(3)14-19)33(13-12-29)26(37)20(15-22(30)35)31-27(38)39-28(4,5)6/h7-11,14,20,24,34H,13,15H2,1-6H3,(H2,30,35)(H,31,38)(H,32,36). The van der Waals surface area contributed by atoms with Gasteiger partial charge >= 0.3 is 6.09 Å². The first-order valence-corrected chi connectivity index (χ1v) is 12.3. The maximum Gasteiger partial charge on any atom is 0.408 e. The van der Waals surface area contributed by atoms with Crippen molar-refractivity contribution in [3.05, 3.63) is 58.7 Å². The molecule has 2 unspecified atom stereocenters. The fraction of sp³-hybridized carbons (Fsp3) is 0.393. The van der Waals surface area contributed by atoms with Gasteiger partial charge in [0.05, 0.1) is 12.5 Å². The van der Waals surface area contributed by atoms with Crippen LogP contribution in [0.1, 0.15) is 55.5 Å². The smallest absolute Gasteiger partial charge is 0.408 e. The second-order valence-corrected chi connectivity index (χ2v) is 10.2. The monoisotopic (exact) mass is 537 g/mol. The van der Waals surface area contributed by atoms with Gasteiger partial charge in [-0.25, -0.2) is 4.79 Å². The van der Waals surface area contributed by atoms with Gasteiger partial charge in [-0.05, 0) is 75.9 Å². The molecule has 11 nitrogen and oxygen atoms in total. The first kappa shape index (κ1) is 30.6. The summed E-state index contributed by atoms with van der Waals surface area (Å²) in [5.41, 5.74) is 7.28.